The maximum Gasteiger partial charge on any atom is 0.407 e. The molecule has 0 aromatic heterocycles. The highest BCUT2D eigenvalue weighted by atomic mass is 32.2. The zero-order valence-corrected chi connectivity index (χ0v) is 32.4. The van der Waals surface area contributed by atoms with Crippen LogP contribution in [0.15, 0.2) is 65.2 Å². The first-order valence-electron chi connectivity index (χ1n) is 18.4. The van der Waals surface area contributed by atoms with Crippen molar-refractivity contribution in [3.8, 4) is 6.07 Å². The van der Waals surface area contributed by atoms with Crippen molar-refractivity contribution in [2.24, 2.45) is 28.6 Å². The number of benzene rings is 1. The van der Waals surface area contributed by atoms with Crippen molar-refractivity contribution in [2.45, 2.75) is 68.6 Å². The van der Waals surface area contributed by atoms with Crippen LogP contribution in [0.1, 0.15) is 50.2 Å². The van der Waals surface area contributed by atoms with Crippen molar-refractivity contribution in [3.63, 3.8) is 0 Å². The predicted octanol–water partition coefficient (Wildman–Crippen LogP) is 3.46. The number of fused-ring (bicyclic) bond motifs is 1. The minimum atomic E-state index is -4.46. The van der Waals surface area contributed by atoms with Gasteiger partial charge >= 0.3 is 6.18 Å². The molecule has 0 bridgehead atoms. The zero-order valence-electron chi connectivity index (χ0n) is 31.6. The van der Waals surface area contributed by atoms with Crippen LogP contribution >= 0.6 is 0 Å². The average molecular weight is 776 g/mol. The largest absolute Gasteiger partial charge is 0.407 e. The fraction of sp³-hybridized carbons (Fsp3) is 0.579. The number of nitrogens with one attached hydrogen (secondary N) is 3. The van der Waals surface area contributed by atoms with E-state index in [1.54, 1.807) is 12.1 Å². The Bertz CT molecular complexity index is 1550. The molecule has 1 aliphatic carbocycles. The van der Waals surface area contributed by atoms with Crippen LogP contribution in [-0.2, 0) is 27.0 Å². The summed E-state index contributed by atoms with van der Waals surface area (Å²) in [4.78, 5) is 26.0. The minimum absolute atomic E-state index is 0.0142. The van der Waals surface area contributed by atoms with Crippen LogP contribution in [0.5, 0.6) is 0 Å². The van der Waals surface area contributed by atoms with E-state index in [2.05, 4.69) is 57.8 Å². The zero-order chi connectivity index (χ0) is 39.8. The number of hydrogen-bond acceptors (Lipinski definition) is 9. The highest BCUT2D eigenvalue weighted by molar-refractivity contribution is 7.82. The van der Waals surface area contributed by atoms with Crippen molar-refractivity contribution in [1.29, 1.82) is 5.26 Å². The van der Waals surface area contributed by atoms with Crippen LogP contribution in [0.25, 0.3) is 0 Å². The van der Waals surface area contributed by atoms with Crippen molar-refractivity contribution in [3.05, 3.63) is 66.3 Å². The fourth-order valence-corrected chi connectivity index (χ4v) is 8.65. The van der Waals surface area contributed by atoms with Gasteiger partial charge in [-0.25, -0.2) is 8.51 Å². The Labute approximate surface area is 320 Å². The molecule has 2 saturated heterocycles. The number of hydrazone groups is 1. The number of alkyl halides is 3. The van der Waals surface area contributed by atoms with E-state index in [1.165, 1.54) is 7.05 Å². The Morgan fingerprint density at radius 3 is 2.46 bits per heavy atom. The summed E-state index contributed by atoms with van der Waals surface area (Å²) in [5, 5.41) is 23.3. The number of halogens is 3. The average Bonchev–Trinajstić information content (AvgIpc) is 3.50. The number of likely N-dealkylation sites (tertiary alicyclic amines) is 1. The Kier molecular flexibility index (Phi) is 18.0. The molecule has 1 aromatic rings. The summed E-state index contributed by atoms with van der Waals surface area (Å²) >= 11 is 0. The molecule has 4 aliphatic rings. The molecule has 4 atom stereocenters. The second-order valence-corrected chi connectivity index (χ2v) is 15.2. The lowest BCUT2D eigenvalue weighted by Gasteiger charge is -2.36. The Hall–Kier alpha value is -3.88. The first kappa shape index (κ1) is 44.5. The van der Waals surface area contributed by atoms with Crippen LogP contribution in [-0.4, -0.2) is 115 Å². The van der Waals surface area contributed by atoms with Crippen LogP contribution in [0.2, 0.25) is 0 Å². The molecule has 0 spiro atoms. The van der Waals surface area contributed by atoms with Gasteiger partial charge in [0.2, 0.25) is 12.3 Å². The number of piperidine rings is 2. The second-order valence-electron chi connectivity index (χ2n) is 13.7. The summed E-state index contributed by atoms with van der Waals surface area (Å²) in [7, 11) is 2.18. The van der Waals surface area contributed by atoms with E-state index in [9.17, 15) is 32.2 Å². The molecular weight excluding hydrogens is 720 g/mol. The highest BCUT2D eigenvalue weighted by Gasteiger charge is 2.43. The van der Waals surface area contributed by atoms with Gasteiger partial charge in [-0.05, 0) is 100 Å². The molecule has 0 saturated carbocycles. The van der Waals surface area contributed by atoms with Gasteiger partial charge in [-0.3, -0.25) is 14.6 Å². The van der Waals surface area contributed by atoms with Crippen molar-refractivity contribution >= 4 is 29.1 Å². The van der Waals surface area contributed by atoms with Gasteiger partial charge in [0.25, 0.3) is 0 Å². The van der Waals surface area contributed by atoms with E-state index in [0.717, 1.165) is 79.4 Å². The molecular formula is C38H56F3N9O3S. The number of nitrogens with two attached hydrogens (primary N) is 1. The molecule has 54 heavy (non-hydrogen) atoms. The van der Waals surface area contributed by atoms with Gasteiger partial charge in [-0.15, -0.1) is 13.2 Å². The van der Waals surface area contributed by atoms with Gasteiger partial charge in [-0.1, -0.05) is 25.2 Å². The standard InChI is InChI=1S/C35H47F3N8O3S.C2H4.CH5N/c1-24(17-28-18-30(5-3-27(28)20-39)50(49)45-15-10-29(40-2)11-16-45)21-44-13-8-25(9-14-44)26-4-6-31-32(19-26)46(22-35(36,37)38)43-34(31)42-33(48)7-12-41-23-47;2*1-2/h3-6,18-19,23-25,29,31-32,40H,7-17,21-22H2,1-2H3,(H,41,47)(H,42,43,48);1-2H2;2H2,1H3. The van der Waals surface area contributed by atoms with Gasteiger partial charge in [0.1, 0.15) is 23.4 Å². The van der Waals surface area contributed by atoms with Gasteiger partial charge in [0, 0.05) is 38.6 Å². The summed E-state index contributed by atoms with van der Waals surface area (Å²) in [6.07, 6.45) is 5.97. The summed E-state index contributed by atoms with van der Waals surface area (Å²) in [6.45, 7) is 11.1. The number of nitrogens with zero attached hydrogens (tertiary/aromatic N) is 5. The molecule has 298 valence electrons. The number of allylic oxidation sites excluding steroid dienone is 2. The number of amidine groups is 1. The molecule has 12 nitrogen and oxygen atoms in total. The molecule has 16 heteroatoms. The lowest BCUT2D eigenvalue weighted by Crippen LogP contribution is -2.42. The minimum Gasteiger partial charge on any atom is -0.358 e. The molecule has 5 N–H and O–H groups in total. The highest BCUT2D eigenvalue weighted by Crippen LogP contribution is 2.36. The third-order valence-electron chi connectivity index (χ3n) is 10.0. The van der Waals surface area contributed by atoms with E-state index in [0.29, 0.717) is 24.4 Å². The van der Waals surface area contributed by atoms with Crippen molar-refractivity contribution in [1.82, 2.24) is 30.2 Å². The third kappa shape index (κ3) is 12.6. The van der Waals surface area contributed by atoms with E-state index in [1.807, 2.05) is 35.6 Å². The van der Waals surface area contributed by atoms with Crippen LogP contribution in [0.3, 0.4) is 0 Å². The molecule has 0 radical (unpaired) electrons. The monoisotopic (exact) mass is 775 g/mol. The lowest BCUT2D eigenvalue weighted by atomic mass is 9.82. The fourth-order valence-electron chi connectivity index (χ4n) is 7.38. The van der Waals surface area contributed by atoms with Crippen LogP contribution < -0.4 is 21.7 Å². The van der Waals surface area contributed by atoms with Gasteiger partial charge in [0.05, 0.1) is 28.5 Å². The Morgan fingerprint density at radius 2 is 1.85 bits per heavy atom. The van der Waals surface area contributed by atoms with Gasteiger partial charge < -0.3 is 26.6 Å². The second kappa shape index (κ2) is 21.9. The van der Waals surface area contributed by atoms with Crippen molar-refractivity contribution < 1.29 is 27.0 Å². The van der Waals surface area contributed by atoms with E-state index in [-0.39, 0.29) is 30.6 Å². The first-order valence-corrected chi connectivity index (χ1v) is 19.5. The number of rotatable bonds is 13. The van der Waals surface area contributed by atoms with Crippen molar-refractivity contribution in [2.75, 3.05) is 59.9 Å². The first-order chi connectivity index (χ1) is 26.0. The summed E-state index contributed by atoms with van der Waals surface area (Å²) in [6, 6.07) is 7.62. The maximum absolute atomic E-state index is 13.5. The lowest BCUT2D eigenvalue weighted by molar-refractivity contribution is -0.148. The summed E-state index contributed by atoms with van der Waals surface area (Å²) in [5.74, 6) is -0.323. The topological polar surface area (TPSA) is 159 Å². The van der Waals surface area contributed by atoms with E-state index in [4.69, 9.17) is 0 Å². The molecule has 2 amide bonds. The molecule has 3 aliphatic heterocycles. The Morgan fingerprint density at radius 1 is 1.17 bits per heavy atom. The number of amides is 2. The number of carbonyl (C=O) groups is 2. The summed E-state index contributed by atoms with van der Waals surface area (Å²) < 4.78 is 55.8. The molecule has 3 heterocycles. The summed E-state index contributed by atoms with van der Waals surface area (Å²) in [5.41, 5.74) is 7.00. The Balaban J connectivity index is 0.00000190. The number of carbonyl (C=O) groups excluding carboxylic acids is 2. The third-order valence-corrected chi connectivity index (χ3v) is 11.5. The molecule has 4 unspecified atom stereocenters. The SMILES string of the molecule is C=C.CN.CNC1CCN(S(=O)c2ccc(C#N)c(CC(C)CN3CCC(C4=CC5C(C=C4)C(NC(=O)CCNC=O)=NN5CC(F)(F)F)CC3)c2)CC1. The van der Waals surface area contributed by atoms with E-state index >= 15 is 0 Å². The smallest absolute Gasteiger partial charge is 0.358 e. The molecule has 2 fully saturated rings. The maximum atomic E-state index is 13.5. The van der Waals surface area contributed by atoms with Gasteiger partial charge in [-0.2, -0.15) is 23.5 Å². The quantitative estimate of drug-likeness (QED) is 0.135. The van der Waals surface area contributed by atoms with Crippen LogP contribution in [0, 0.1) is 29.1 Å². The normalized spacial score (nSPS) is 21.9. The predicted molar refractivity (Wildman–Crippen MR) is 206 cm³/mol. The molecule has 5 rings (SSSR count). The molecule has 1 aromatic carbocycles. The van der Waals surface area contributed by atoms with E-state index < -0.39 is 41.6 Å². The van der Waals surface area contributed by atoms with Crippen LogP contribution in [0.4, 0.5) is 13.2 Å². The number of nitriles is 1. The number of hydrogen-bond donors (Lipinski definition) is 4. The van der Waals surface area contributed by atoms with Gasteiger partial charge in [0.15, 0.2) is 0 Å².